The van der Waals surface area contributed by atoms with Crippen LogP contribution in [0.3, 0.4) is 0 Å². The largest absolute Gasteiger partial charge is 0.481 e. The lowest BCUT2D eigenvalue weighted by Gasteiger charge is -2.28. The second kappa shape index (κ2) is 9.08. The van der Waals surface area contributed by atoms with Gasteiger partial charge in [-0.3, -0.25) is 9.78 Å². The number of benzene rings is 2. The van der Waals surface area contributed by atoms with E-state index in [1.807, 2.05) is 18.2 Å². The van der Waals surface area contributed by atoms with Crippen molar-refractivity contribution in [3.8, 4) is 11.3 Å². The van der Waals surface area contributed by atoms with Crippen molar-refractivity contribution in [2.45, 2.75) is 38.0 Å². The smallest absolute Gasteiger partial charge is 0.303 e. The summed E-state index contributed by atoms with van der Waals surface area (Å²) < 4.78 is 13.3. The van der Waals surface area contributed by atoms with Gasteiger partial charge in [-0.25, -0.2) is 4.39 Å². The van der Waals surface area contributed by atoms with Crippen molar-refractivity contribution < 1.29 is 14.3 Å². The first-order valence-corrected chi connectivity index (χ1v) is 10.4. The molecule has 0 atom stereocenters. The van der Waals surface area contributed by atoms with Crippen molar-refractivity contribution >= 4 is 17.3 Å². The summed E-state index contributed by atoms with van der Waals surface area (Å²) in [5.41, 5.74) is 4.75. The molecule has 2 N–H and O–H groups in total. The van der Waals surface area contributed by atoms with Crippen LogP contribution in [0.15, 0.2) is 66.9 Å². The van der Waals surface area contributed by atoms with Crippen LogP contribution in [0.25, 0.3) is 11.3 Å². The van der Waals surface area contributed by atoms with E-state index in [0.717, 1.165) is 42.6 Å². The zero-order valence-electron chi connectivity index (χ0n) is 16.7. The van der Waals surface area contributed by atoms with Gasteiger partial charge >= 0.3 is 5.97 Å². The van der Waals surface area contributed by atoms with Crippen LogP contribution in [0.5, 0.6) is 0 Å². The van der Waals surface area contributed by atoms with Crippen LogP contribution in [0.2, 0.25) is 0 Å². The predicted molar refractivity (Wildman–Crippen MR) is 116 cm³/mol. The third kappa shape index (κ3) is 5.03. The molecule has 2 aromatic carbocycles. The highest BCUT2D eigenvalue weighted by Gasteiger charge is 2.23. The SMILES string of the molecule is O=C(O)CC1CCC(c2ccc(-c3ccc(Nc4cccc(F)c4)cn3)cc2)CC1. The summed E-state index contributed by atoms with van der Waals surface area (Å²) in [6, 6.07) is 18.8. The Balaban J connectivity index is 1.37. The summed E-state index contributed by atoms with van der Waals surface area (Å²) in [6.07, 6.45) is 6.12. The zero-order chi connectivity index (χ0) is 20.9. The molecule has 0 amide bonds. The van der Waals surface area contributed by atoms with Gasteiger partial charge < -0.3 is 10.4 Å². The van der Waals surface area contributed by atoms with Gasteiger partial charge in [0.15, 0.2) is 0 Å². The molecule has 4 nitrogen and oxygen atoms in total. The maximum absolute atomic E-state index is 13.3. The Morgan fingerprint density at radius 3 is 2.40 bits per heavy atom. The normalized spacial score (nSPS) is 18.7. The highest BCUT2D eigenvalue weighted by Crippen LogP contribution is 2.37. The van der Waals surface area contributed by atoms with E-state index in [2.05, 4.69) is 34.6 Å². The van der Waals surface area contributed by atoms with Gasteiger partial charge in [0.25, 0.3) is 0 Å². The number of aliphatic carboxylic acids is 1. The number of carboxylic acid groups (broad SMARTS) is 1. The fourth-order valence-electron chi connectivity index (χ4n) is 4.24. The van der Waals surface area contributed by atoms with Gasteiger partial charge in [-0.05, 0) is 73.4 Å². The summed E-state index contributed by atoms with van der Waals surface area (Å²) >= 11 is 0. The topological polar surface area (TPSA) is 62.2 Å². The molecule has 1 fully saturated rings. The Bertz CT molecular complexity index is 994. The van der Waals surface area contributed by atoms with E-state index in [4.69, 9.17) is 5.11 Å². The Morgan fingerprint density at radius 2 is 1.77 bits per heavy atom. The van der Waals surface area contributed by atoms with Crippen LogP contribution in [-0.4, -0.2) is 16.1 Å². The molecule has 1 aromatic heterocycles. The van der Waals surface area contributed by atoms with Crippen molar-refractivity contribution in [2.24, 2.45) is 5.92 Å². The zero-order valence-corrected chi connectivity index (χ0v) is 16.7. The second-order valence-electron chi connectivity index (χ2n) is 8.00. The van der Waals surface area contributed by atoms with E-state index < -0.39 is 5.97 Å². The monoisotopic (exact) mass is 404 g/mol. The lowest BCUT2D eigenvalue weighted by atomic mass is 9.77. The number of rotatable bonds is 6. The molecule has 0 saturated heterocycles. The molecule has 30 heavy (non-hydrogen) atoms. The minimum absolute atomic E-state index is 0.278. The average molecular weight is 404 g/mol. The second-order valence-corrected chi connectivity index (χ2v) is 8.00. The Labute approximate surface area is 175 Å². The van der Waals surface area contributed by atoms with Crippen LogP contribution in [0, 0.1) is 11.7 Å². The van der Waals surface area contributed by atoms with Crippen LogP contribution >= 0.6 is 0 Å². The molecule has 1 heterocycles. The highest BCUT2D eigenvalue weighted by atomic mass is 19.1. The molecule has 5 heteroatoms. The minimum Gasteiger partial charge on any atom is -0.481 e. The number of nitrogens with one attached hydrogen (secondary N) is 1. The molecule has 0 radical (unpaired) electrons. The molecular weight excluding hydrogens is 379 g/mol. The molecule has 0 bridgehead atoms. The molecular formula is C25H25FN2O2. The van der Waals surface area contributed by atoms with E-state index in [1.165, 1.54) is 17.7 Å². The molecule has 1 aliphatic rings. The lowest BCUT2D eigenvalue weighted by molar-refractivity contribution is -0.138. The minimum atomic E-state index is -0.688. The fourth-order valence-corrected chi connectivity index (χ4v) is 4.24. The van der Waals surface area contributed by atoms with Crippen molar-refractivity contribution in [1.29, 1.82) is 0 Å². The number of hydrogen-bond donors (Lipinski definition) is 2. The van der Waals surface area contributed by atoms with Gasteiger partial charge in [0.1, 0.15) is 5.82 Å². The number of aromatic nitrogens is 1. The Kier molecular flexibility index (Phi) is 6.07. The molecule has 1 saturated carbocycles. The van der Waals surface area contributed by atoms with Crippen molar-refractivity contribution in [2.75, 3.05) is 5.32 Å². The first-order valence-electron chi connectivity index (χ1n) is 10.4. The number of hydrogen-bond acceptors (Lipinski definition) is 3. The summed E-state index contributed by atoms with van der Waals surface area (Å²) in [5.74, 6) is -0.135. The van der Waals surface area contributed by atoms with Gasteiger partial charge in [-0.1, -0.05) is 30.3 Å². The van der Waals surface area contributed by atoms with Crippen molar-refractivity contribution in [3.05, 3.63) is 78.2 Å². The van der Waals surface area contributed by atoms with E-state index in [0.29, 0.717) is 23.9 Å². The number of halogens is 1. The number of carboxylic acids is 1. The Morgan fingerprint density at radius 1 is 1.00 bits per heavy atom. The summed E-state index contributed by atoms with van der Waals surface area (Å²) in [4.78, 5) is 15.4. The van der Waals surface area contributed by atoms with E-state index in [9.17, 15) is 9.18 Å². The standard InChI is InChI=1S/C25H25FN2O2/c26-21-2-1-3-22(15-21)28-23-12-13-24(27-16-23)20-10-8-19(9-11-20)18-6-4-17(5-7-18)14-25(29)30/h1-3,8-13,15-18,28H,4-7,14H2,(H,29,30). The van der Waals surface area contributed by atoms with Gasteiger partial charge in [0.2, 0.25) is 0 Å². The average Bonchev–Trinajstić information content (AvgIpc) is 2.75. The third-order valence-corrected chi connectivity index (χ3v) is 5.86. The molecule has 1 aliphatic carbocycles. The molecule has 4 rings (SSSR count). The molecule has 0 aliphatic heterocycles. The molecule has 0 unspecified atom stereocenters. The summed E-state index contributed by atoms with van der Waals surface area (Å²) in [7, 11) is 0. The van der Waals surface area contributed by atoms with E-state index in [1.54, 1.807) is 12.3 Å². The molecule has 154 valence electrons. The highest BCUT2D eigenvalue weighted by molar-refractivity contribution is 5.67. The first-order chi connectivity index (χ1) is 14.6. The molecule has 0 spiro atoms. The number of nitrogens with zero attached hydrogens (tertiary/aromatic N) is 1. The number of pyridine rings is 1. The summed E-state index contributed by atoms with van der Waals surface area (Å²) in [5, 5.41) is 12.1. The van der Waals surface area contributed by atoms with E-state index >= 15 is 0 Å². The van der Waals surface area contributed by atoms with Crippen LogP contribution in [0.4, 0.5) is 15.8 Å². The maximum Gasteiger partial charge on any atom is 0.303 e. The van der Waals surface area contributed by atoms with Gasteiger partial charge in [0.05, 0.1) is 17.6 Å². The van der Waals surface area contributed by atoms with Crippen molar-refractivity contribution in [1.82, 2.24) is 4.98 Å². The van der Waals surface area contributed by atoms with Gasteiger partial charge in [-0.15, -0.1) is 0 Å². The maximum atomic E-state index is 13.3. The van der Waals surface area contributed by atoms with Gasteiger partial charge in [-0.2, -0.15) is 0 Å². The van der Waals surface area contributed by atoms with Crippen LogP contribution < -0.4 is 5.32 Å². The summed E-state index contributed by atoms with van der Waals surface area (Å²) in [6.45, 7) is 0. The number of anilines is 2. The quantitative estimate of drug-likeness (QED) is 0.500. The first kappa shape index (κ1) is 20.1. The van der Waals surface area contributed by atoms with Crippen molar-refractivity contribution in [3.63, 3.8) is 0 Å². The predicted octanol–water partition coefficient (Wildman–Crippen LogP) is 6.38. The van der Waals surface area contributed by atoms with Crippen LogP contribution in [0.1, 0.15) is 43.6 Å². The number of carbonyl (C=O) groups is 1. The van der Waals surface area contributed by atoms with Crippen LogP contribution in [-0.2, 0) is 4.79 Å². The fraction of sp³-hybridized carbons (Fsp3) is 0.280. The lowest BCUT2D eigenvalue weighted by Crippen LogP contribution is -2.16. The molecule has 3 aromatic rings. The Hall–Kier alpha value is -3.21. The third-order valence-electron chi connectivity index (χ3n) is 5.86. The van der Waals surface area contributed by atoms with Gasteiger partial charge in [0, 0.05) is 17.7 Å². The van der Waals surface area contributed by atoms with E-state index in [-0.39, 0.29) is 5.82 Å².